The number of nitrogens with one attached hydrogen (secondary N) is 2. The number of benzene rings is 2. The number of fused-ring (bicyclic) bond motifs is 1. The van der Waals surface area contributed by atoms with Gasteiger partial charge in [0.1, 0.15) is 36.3 Å². The molecule has 83 heavy (non-hydrogen) atoms. The SMILES string of the molecule is Cc1c(CCOc2c(-c3ccc4ncc(CN(C)C(=O)OCc5ccc(O[C@@H]6C[C@H](C(=O)O)[C@@H](C)[C@H](O)[C@H]6O)c(NC(=O)CCNC(=O)CCOCCOCCN6C(=O)C=CC6=O)c5)n4c3)ccc(F)c2F)c(C(O)C(C)(C)C)nn1C.O. The quantitative estimate of drug-likeness (QED) is 0.0337. The fourth-order valence-electron chi connectivity index (χ4n) is 9.40. The second-order valence-electron chi connectivity index (χ2n) is 21.3. The molecule has 1 saturated carbocycles. The summed E-state index contributed by atoms with van der Waals surface area (Å²) in [5, 5.41) is 52.5. The van der Waals surface area contributed by atoms with E-state index >= 15 is 4.39 Å². The van der Waals surface area contributed by atoms with E-state index in [0.717, 1.165) is 22.2 Å². The summed E-state index contributed by atoms with van der Waals surface area (Å²) in [5.74, 6) is -7.41. The predicted molar refractivity (Wildman–Crippen MR) is 294 cm³/mol. The Bertz CT molecular complexity index is 3160. The van der Waals surface area contributed by atoms with Gasteiger partial charge in [0.2, 0.25) is 17.6 Å². The maximum absolute atomic E-state index is 15.6. The fourth-order valence-corrected chi connectivity index (χ4v) is 9.40. The van der Waals surface area contributed by atoms with Gasteiger partial charge in [0.25, 0.3) is 11.8 Å². The summed E-state index contributed by atoms with van der Waals surface area (Å²) in [7, 11) is 3.26. The van der Waals surface area contributed by atoms with E-state index in [1.165, 1.54) is 55.3 Å². The first-order valence-corrected chi connectivity index (χ1v) is 26.7. The Morgan fingerprint density at radius 3 is 2.34 bits per heavy atom. The van der Waals surface area contributed by atoms with Crippen molar-refractivity contribution in [1.29, 1.82) is 0 Å². The summed E-state index contributed by atoms with van der Waals surface area (Å²) in [4.78, 5) is 81.5. The Morgan fingerprint density at radius 2 is 1.64 bits per heavy atom. The molecule has 2 aromatic carbocycles. The standard InChI is InChI=1S/C57H70F2N8O15.H2O/c1-32-39(55(75)76)27-43(52(73)51(32)72)82-42-12-8-34(26-41(42)62-46(69)16-19-60-45(68)18-21-78-24-25-79-23-20-66-47(70)14-15-48(66)71)31-81-56(77)64(6)30-36-28-61-44-13-9-35(29-67(36)44)38-10-11-40(58)49(59)53(38)80-22-17-37-33(2)65(7)63-50(37)54(74)57(3,4)5;/h8-15,26,28-29,32,39,43,51-52,54,72-74H,16-25,27,30-31H2,1-7H3,(H,60,68)(H,62,69)(H,75,76);1H2/t32-,39+,43-,51+,52+,54?;/m1./s1. The van der Waals surface area contributed by atoms with Gasteiger partial charge in [-0.15, -0.1) is 0 Å². The minimum atomic E-state index is -1.48. The molecule has 4 heterocycles. The van der Waals surface area contributed by atoms with Crippen molar-refractivity contribution in [2.24, 2.45) is 24.3 Å². The molecule has 1 aliphatic heterocycles. The normalized spacial score (nSPS) is 18.2. The second-order valence-corrected chi connectivity index (χ2v) is 21.3. The van der Waals surface area contributed by atoms with Crippen molar-refractivity contribution < 1.29 is 87.1 Å². The van der Waals surface area contributed by atoms with Crippen LogP contribution >= 0.6 is 0 Å². The number of ether oxygens (including phenoxy) is 5. The van der Waals surface area contributed by atoms with Crippen LogP contribution in [-0.4, -0.2) is 162 Å². The first-order valence-electron chi connectivity index (χ1n) is 26.7. The number of aliphatic carboxylic acids is 1. The van der Waals surface area contributed by atoms with Gasteiger partial charge in [-0.25, -0.2) is 14.2 Å². The number of aryl methyl sites for hydroxylation is 1. The van der Waals surface area contributed by atoms with E-state index in [2.05, 4.69) is 20.7 Å². The largest absolute Gasteiger partial charge is 0.489 e. The molecule has 0 spiro atoms. The number of halogens is 2. The van der Waals surface area contributed by atoms with Crippen LogP contribution in [0.3, 0.4) is 0 Å². The lowest BCUT2D eigenvalue weighted by Gasteiger charge is -2.39. The number of aliphatic hydroxyl groups excluding tert-OH is 3. The lowest BCUT2D eigenvalue weighted by atomic mass is 9.75. The van der Waals surface area contributed by atoms with Crippen LogP contribution in [0.15, 0.2) is 67.0 Å². The van der Waals surface area contributed by atoms with E-state index in [1.54, 1.807) is 40.7 Å². The smallest absolute Gasteiger partial charge is 0.410 e. The van der Waals surface area contributed by atoms with Crippen LogP contribution in [0.1, 0.15) is 81.3 Å². The molecule has 0 saturated heterocycles. The Labute approximate surface area is 477 Å². The van der Waals surface area contributed by atoms with Gasteiger partial charge in [-0.2, -0.15) is 9.49 Å². The number of nitrogens with zero attached hydrogens (tertiary/aromatic N) is 6. The fraction of sp³-hybridized carbons (Fsp3) is 0.474. The van der Waals surface area contributed by atoms with E-state index in [1.807, 2.05) is 27.7 Å². The third kappa shape index (κ3) is 16.0. The summed E-state index contributed by atoms with van der Waals surface area (Å²) in [6, 6.07) is 10.2. The maximum atomic E-state index is 15.6. The van der Waals surface area contributed by atoms with Crippen molar-refractivity contribution >= 4 is 47.0 Å². The minimum Gasteiger partial charge on any atom is -0.489 e. The molecule has 24 nitrogen and oxygen atoms in total. The summed E-state index contributed by atoms with van der Waals surface area (Å²) < 4.78 is 62.4. The van der Waals surface area contributed by atoms with Crippen LogP contribution in [0.25, 0.3) is 16.8 Å². The number of carboxylic acid groups (broad SMARTS) is 1. The summed E-state index contributed by atoms with van der Waals surface area (Å²) >= 11 is 0. The highest BCUT2D eigenvalue weighted by atomic mass is 19.2. The van der Waals surface area contributed by atoms with E-state index in [4.69, 9.17) is 23.7 Å². The molecular weight excluding hydrogens is 1090 g/mol. The van der Waals surface area contributed by atoms with Gasteiger partial charge in [0, 0.05) is 87.1 Å². The number of aliphatic hydroxyl groups is 3. The molecule has 1 aliphatic carbocycles. The van der Waals surface area contributed by atoms with Gasteiger partial charge in [0.15, 0.2) is 11.6 Å². The topological polar surface area (TPSA) is 327 Å². The van der Waals surface area contributed by atoms with E-state index in [-0.39, 0.29) is 113 Å². The van der Waals surface area contributed by atoms with E-state index in [0.29, 0.717) is 28.2 Å². The van der Waals surface area contributed by atoms with Crippen molar-refractivity contribution in [3.8, 4) is 22.6 Å². The number of hydrogen-bond donors (Lipinski definition) is 6. The number of imide groups is 1. The lowest BCUT2D eigenvalue weighted by Crippen LogP contribution is -2.53. The number of rotatable bonds is 26. The zero-order valence-electron chi connectivity index (χ0n) is 47.2. The summed E-state index contributed by atoms with van der Waals surface area (Å²) in [6.07, 6.45) is -0.331. The molecule has 0 bridgehead atoms. The molecule has 450 valence electrons. The molecule has 0 radical (unpaired) electrons. The Hall–Kier alpha value is -7.88. The van der Waals surface area contributed by atoms with Gasteiger partial charge in [0.05, 0.1) is 81.4 Å². The highest BCUT2D eigenvalue weighted by Crippen LogP contribution is 2.38. The number of amides is 5. The lowest BCUT2D eigenvalue weighted by molar-refractivity contribution is -0.160. The molecule has 1 unspecified atom stereocenters. The van der Waals surface area contributed by atoms with Crippen LogP contribution in [-0.2, 0) is 64.8 Å². The number of imidazole rings is 1. The highest BCUT2D eigenvalue weighted by Gasteiger charge is 2.45. The number of aromatic nitrogens is 4. The van der Waals surface area contributed by atoms with Crippen LogP contribution in [0, 0.1) is 35.8 Å². The van der Waals surface area contributed by atoms with Gasteiger partial charge in [-0.1, -0.05) is 33.8 Å². The van der Waals surface area contributed by atoms with Crippen molar-refractivity contribution in [2.45, 2.75) is 97.9 Å². The first kappa shape index (κ1) is 64.3. The van der Waals surface area contributed by atoms with E-state index < -0.39 is 89.0 Å². The number of carbonyl (C=O) groups is 6. The number of pyridine rings is 1. The average Bonchev–Trinajstić information content (AvgIpc) is 3.90. The van der Waals surface area contributed by atoms with Crippen LogP contribution in [0.2, 0.25) is 0 Å². The maximum Gasteiger partial charge on any atom is 0.410 e. The van der Waals surface area contributed by atoms with Crippen LogP contribution in [0.5, 0.6) is 11.5 Å². The van der Waals surface area contributed by atoms with E-state index in [9.17, 15) is 53.6 Å². The van der Waals surface area contributed by atoms with Crippen molar-refractivity contribution in [1.82, 2.24) is 34.3 Å². The summed E-state index contributed by atoms with van der Waals surface area (Å²) in [6.45, 7) is 9.15. The zero-order valence-corrected chi connectivity index (χ0v) is 47.2. The Balaban J connectivity index is 0.0000111. The monoisotopic (exact) mass is 1160 g/mol. The van der Waals surface area contributed by atoms with Crippen LogP contribution in [0.4, 0.5) is 19.3 Å². The first-order chi connectivity index (χ1) is 38.9. The molecule has 3 aromatic heterocycles. The Kier molecular flexibility index (Phi) is 22.0. The second kappa shape index (κ2) is 28.4. The number of carbonyl (C=O) groups excluding carboxylic acids is 5. The van der Waals surface area contributed by atoms with Crippen molar-refractivity contribution in [3.05, 3.63) is 107 Å². The Morgan fingerprint density at radius 1 is 0.928 bits per heavy atom. The van der Waals surface area contributed by atoms with Gasteiger partial charge < -0.3 is 69.5 Å². The molecule has 5 amide bonds. The van der Waals surface area contributed by atoms with Crippen LogP contribution < -0.4 is 20.1 Å². The molecule has 7 rings (SSSR count). The number of anilines is 1. The molecule has 2 aliphatic rings. The van der Waals surface area contributed by atoms with Crippen molar-refractivity contribution in [3.63, 3.8) is 0 Å². The van der Waals surface area contributed by atoms with Crippen molar-refractivity contribution in [2.75, 3.05) is 58.5 Å². The summed E-state index contributed by atoms with van der Waals surface area (Å²) in [5.41, 5.74) is 3.63. The predicted octanol–water partition coefficient (Wildman–Crippen LogP) is 3.97. The van der Waals surface area contributed by atoms with Gasteiger partial charge in [-0.05, 0) is 60.2 Å². The third-order valence-corrected chi connectivity index (χ3v) is 14.4. The van der Waals surface area contributed by atoms with Gasteiger partial charge in [-0.3, -0.25) is 33.6 Å². The molecule has 8 N–H and O–H groups in total. The number of hydrogen-bond acceptors (Lipinski definition) is 16. The third-order valence-electron chi connectivity index (χ3n) is 14.4. The molecular formula is C57H72F2N8O16. The molecule has 1 fully saturated rings. The zero-order chi connectivity index (χ0) is 59.6. The number of carboxylic acids is 1. The average molecular weight is 1160 g/mol. The van der Waals surface area contributed by atoms with Gasteiger partial charge >= 0.3 is 12.1 Å². The molecule has 26 heteroatoms. The minimum absolute atomic E-state index is 0. The highest BCUT2D eigenvalue weighted by molar-refractivity contribution is 6.12. The molecule has 6 atom stereocenters. The molecule has 5 aromatic rings.